The third kappa shape index (κ3) is 4.40. The second kappa shape index (κ2) is 8.78. The predicted octanol–water partition coefficient (Wildman–Crippen LogP) is 5.08. The van der Waals surface area contributed by atoms with Gasteiger partial charge in [-0.05, 0) is 41.5 Å². The molecule has 1 amide bonds. The highest BCUT2D eigenvalue weighted by molar-refractivity contribution is 6.07. The summed E-state index contributed by atoms with van der Waals surface area (Å²) in [6.45, 7) is 5.72. The van der Waals surface area contributed by atoms with Crippen molar-refractivity contribution in [2.45, 2.75) is 26.7 Å². The molecule has 5 nitrogen and oxygen atoms in total. The summed E-state index contributed by atoms with van der Waals surface area (Å²) < 4.78 is 10.6. The zero-order valence-corrected chi connectivity index (χ0v) is 17.1. The molecule has 0 aliphatic heterocycles. The number of ether oxygens (including phenoxy) is 2. The first-order valence-electron chi connectivity index (χ1n) is 9.54. The third-order valence-corrected chi connectivity index (χ3v) is 4.85. The second-order valence-corrected chi connectivity index (χ2v) is 7.18. The summed E-state index contributed by atoms with van der Waals surface area (Å²) in [7, 11) is 1.58. The molecule has 0 aromatic heterocycles. The van der Waals surface area contributed by atoms with Gasteiger partial charge in [0.05, 0.1) is 12.7 Å². The van der Waals surface area contributed by atoms with Crippen LogP contribution < -0.4 is 10.1 Å². The van der Waals surface area contributed by atoms with Crippen LogP contribution in [0.2, 0.25) is 0 Å². The number of hydrogen-bond acceptors (Lipinski definition) is 4. The molecule has 0 aliphatic carbocycles. The van der Waals surface area contributed by atoms with Gasteiger partial charge in [0.1, 0.15) is 5.75 Å². The second-order valence-electron chi connectivity index (χ2n) is 7.18. The van der Waals surface area contributed by atoms with Crippen LogP contribution in [-0.2, 0) is 9.53 Å². The molecule has 3 rings (SSSR count). The number of aryl methyl sites for hydroxylation is 1. The van der Waals surface area contributed by atoms with Crippen LogP contribution in [0, 0.1) is 6.92 Å². The fraction of sp³-hybridized carbons (Fsp3) is 0.250. The van der Waals surface area contributed by atoms with E-state index in [0.717, 1.165) is 27.6 Å². The van der Waals surface area contributed by atoms with Gasteiger partial charge in [0.2, 0.25) is 0 Å². The number of anilines is 1. The van der Waals surface area contributed by atoms with Crippen LogP contribution in [0.1, 0.15) is 41.3 Å². The lowest BCUT2D eigenvalue weighted by atomic mass is 9.98. The Kier molecular flexibility index (Phi) is 6.17. The molecule has 0 radical (unpaired) electrons. The van der Waals surface area contributed by atoms with Crippen molar-refractivity contribution in [3.63, 3.8) is 0 Å². The van der Waals surface area contributed by atoms with Crippen LogP contribution >= 0.6 is 0 Å². The minimum Gasteiger partial charge on any atom is -0.496 e. The number of benzene rings is 3. The van der Waals surface area contributed by atoms with E-state index in [1.807, 2.05) is 49.4 Å². The Morgan fingerprint density at radius 2 is 1.69 bits per heavy atom. The van der Waals surface area contributed by atoms with Gasteiger partial charge in [-0.1, -0.05) is 56.3 Å². The van der Waals surface area contributed by atoms with Gasteiger partial charge in [0, 0.05) is 11.1 Å². The van der Waals surface area contributed by atoms with Crippen molar-refractivity contribution in [1.29, 1.82) is 0 Å². The lowest BCUT2D eigenvalue weighted by Crippen LogP contribution is -2.22. The van der Waals surface area contributed by atoms with Crippen LogP contribution in [0.5, 0.6) is 5.75 Å². The maximum absolute atomic E-state index is 12.6. The van der Waals surface area contributed by atoms with Crippen LogP contribution in [0.3, 0.4) is 0 Å². The van der Waals surface area contributed by atoms with Crippen molar-refractivity contribution < 1.29 is 19.1 Å². The third-order valence-electron chi connectivity index (χ3n) is 4.85. The summed E-state index contributed by atoms with van der Waals surface area (Å²) >= 11 is 0. The monoisotopic (exact) mass is 391 g/mol. The molecule has 29 heavy (non-hydrogen) atoms. The van der Waals surface area contributed by atoms with Crippen LogP contribution in [-0.4, -0.2) is 25.6 Å². The molecule has 0 heterocycles. The summed E-state index contributed by atoms with van der Waals surface area (Å²) in [6.07, 6.45) is 0. The fourth-order valence-electron chi connectivity index (χ4n) is 3.35. The highest BCUT2D eigenvalue weighted by Crippen LogP contribution is 2.29. The standard InChI is InChI=1S/C24H25NO4/c1-15(2)17-11-7-8-16(3)23(17)25-22(26)14-29-24(27)20-12-13-21(28-4)19-10-6-5-9-18(19)20/h5-13,15H,14H2,1-4H3,(H,25,26). The Hall–Kier alpha value is -3.34. The molecule has 0 atom stereocenters. The van der Waals surface area contributed by atoms with Crippen LogP contribution in [0.25, 0.3) is 10.8 Å². The molecule has 0 spiro atoms. The number of methoxy groups -OCH3 is 1. The summed E-state index contributed by atoms with van der Waals surface area (Å²) in [6, 6.07) is 16.7. The van der Waals surface area contributed by atoms with Crippen molar-refractivity contribution in [1.82, 2.24) is 0 Å². The number of para-hydroxylation sites is 1. The first-order valence-corrected chi connectivity index (χ1v) is 9.54. The number of amides is 1. The quantitative estimate of drug-likeness (QED) is 0.596. The Morgan fingerprint density at radius 3 is 2.38 bits per heavy atom. The molecule has 1 N–H and O–H groups in total. The van der Waals surface area contributed by atoms with E-state index in [-0.39, 0.29) is 18.4 Å². The maximum Gasteiger partial charge on any atom is 0.339 e. The van der Waals surface area contributed by atoms with E-state index in [9.17, 15) is 9.59 Å². The minimum atomic E-state index is -0.548. The molecule has 0 saturated heterocycles. The van der Waals surface area contributed by atoms with Crippen LogP contribution in [0.4, 0.5) is 5.69 Å². The number of rotatable bonds is 6. The topological polar surface area (TPSA) is 64.6 Å². The van der Waals surface area contributed by atoms with Gasteiger partial charge in [-0.2, -0.15) is 0 Å². The summed E-state index contributed by atoms with van der Waals surface area (Å²) in [5.41, 5.74) is 3.19. The summed E-state index contributed by atoms with van der Waals surface area (Å²) in [4.78, 5) is 25.0. The van der Waals surface area contributed by atoms with E-state index in [1.165, 1.54) is 0 Å². The molecule has 0 saturated carbocycles. The number of carbonyl (C=O) groups excluding carboxylic acids is 2. The summed E-state index contributed by atoms with van der Waals surface area (Å²) in [5.74, 6) is 0.0225. The molecule has 0 bridgehead atoms. The van der Waals surface area contributed by atoms with E-state index < -0.39 is 5.97 Å². The lowest BCUT2D eigenvalue weighted by molar-refractivity contribution is -0.119. The molecule has 0 fully saturated rings. The highest BCUT2D eigenvalue weighted by atomic mass is 16.5. The highest BCUT2D eigenvalue weighted by Gasteiger charge is 2.17. The average molecular weight is 391 g/mol. The lowest BCUT2D eigenvalue weighted by Gasteiger charge is -2.16. The maximum atomic E-state index is 12.6. The van der Waals surface area contributed by atoms with E-state index in [2.05, 4.69) is 19.2 Å². The largest absolute Gasteiger partial charge is 0.496 e. The summed E-state index contributed by atoms with van der Waals surface area (Å²) in [5, 5.41) is 4.42. The minimum absolute atomic E-state index is 0.262. The van der Waals surface area contributed by atoms with Gasteiger partial charge < -0.3 is 14.8 Å². The Morgan fingerprint density at radius 1 is 0.966 bits per heavy atom. The Labute approximate surface area is 170 Å². The normalized spacial score (nSPS) is 10.8. The number of nitrogens with one attached hydrogen (secondary N) is 1. The number of fused-ring (bicyclic) bond motifs is 1. The van der Waals surface area contributed by atoms with E-state index in [1.54, 1.807) is 19.2 Å². The van der Waals surface area contributed by atoms with Gasteiger partial charge >= 0.3 is 5.97 Å². The smallest absolute Gasteiger partial charge is 0.339 e. The zero-order chi connectivity index (χ0) is 21.0. The van der Waals surface area contributed by atoms with Gasteiger partial charge in [0.15, 0.2) is 6.61 Å². The molecule has 3 aromatic carbocycles. The average Bonchev–Trinajstić information content (AvgIpc) is 2.72. The van der Waals surface area contributed by atoms with E-state index >= 15 is 0 Å². The Bertz CT molecular complexity index is 1060. The first-order chi connectivity index (χ1) is 13.9. The zero-order valence-electron chi connectivity index (χ0n) is 17.1. The first kappa shape index (κ1) is 20.4. The number of esters is 1. The molecule has 150 valence electrons. The molecular weight excluding hydrogens is 366 g/mol. The Balaban J connectivity index is 1.74. The van der Waals surface area contributed by atoms with Gasteiger partial charge in [-0.25, -0.2) is 4.79 Å². The number of hydrogen-bond donors (Lipinski definition) is 1. The molecule has 0 unspecified atom stereocenters. The SMILES string of the molecule is COc1ccc(C(=O)OCC(=O)Nc2c(C)cccc2C(C)C)c2ccccc12. The molecule has 5 heteroatoms. The van der Waals surface area contributed by atoms with Crippen molar-refractivity contribution in [2.24, 2.45) is 0 Å². The van der Waals surface area contributed by atoms with Crippen molar-refractivity contribution in [3.05, 3.63) is 71.3 Å². The van der Waals surface area contributed by atoms with Crippen molar-refractivity contribution in [2.75, 3.05) is 19.0 Å². The number of carbonyl (C=O) groups is 2. The van der Waals surface area contributed by atoms with E-state index in [4.69, 9.17) is 9.47 Å². The van der Waals surface area contributed by atoms with Gasteiger partial charge in [-0.3, -0.25) is 4.79 Å². The molecule has 0 aliphatic rings. The van der Waals surface area contributed by atoms with Crippen LogP contribution in [0.15, 0.2) is 54.6 Å². The van der Waals surface area contributed by atoms with Gasteiger partial charge in [0.25, 0.3) is 5.91 Å². The fourth-order valence-corrected chi connectivity index (χ4v) is 3.35. The predicted molar refractivity (Wildman–Crippen MR) is 115 cm³/mol. The molecular formula is C24H25NO4. The van der Waals surface area contributed by atoms with Gasteiger partial charge in [-0.15, -0.1) is 0 Å². The van der Waals surface area contributed by atoms with Crippen molar-refractivity contribution >= 4 is 28.3 Å². The molecule has 3 aromatic rings. The van der Waals surface area contributed by atoms with Crippen molar-refractivity contribution in [3.8, 4) is 5.75 Å². The van der Waals surface area contributed by atoms with E-state index in [0.29, 0.717) is 11.3 Å².